The lowest BCUT2D eigenvalue weighted by molar-refractivity contribution is -0.123. The van der Waals surface area contributed by atoms with E-state index in [1.165, 1.54) is 10.8 Å². The van der Waals surface area contributed by atoms with E-state index in [9.17, 15) is 9.59 Å². The van der Waals surface area contributed by atoms with E-state index in [0.29, 0.717) is 19.3 Å². The lowest BCUT2D eigenvalue weighted by Gasteiger charge is -2.48. The van der Waals surface area contributed by atoms with Gasteiger partial charge in [0.1, 0.15) is 20.0 Å². The molecular formula is C32H43NO3Si. The van der Waals surface area contributed by atoms with Gasteiger partial charge in [0.2, 0.25) is 0 Å². The SMILES string of the molecule is C=CC[C@@H]1CC(=O)C[C@@H]([Si](C)(C)c2ccccc2)N1C(=O)OC1CCCCC1C(C)(C)c1ccccc1. The molecule has 37 heavy (non-hydrogen) atoms. The number of Topliss-reactive ketones (excluding diaryl/α,β-unsaturated/α-hetero) is 1. The number of rotatable bonds is 7. The van der Waals surface area contributed by atoms with Crippen molar-refractivity contribution in [2.24, 2.45) is 5.92 Å². The zero-order valence-corrected chi connectivity index (χ0v) is 24.0. The molecule has 2 unspecified atom stereocenters. The predicted octanol–water partition coefficient (Wildman–Crippen LogP) is 6.79. The van der Waals surface area contributed by atoms with Crippen molar-refractivity contribution in [2.45, 2.75) is 95.1 Å². The van der Waals surface area contributed by atoms with Crippen LogP contribution < -0.4 is 5.19 Å². The maximum absolute atomic E-state index is 14.1. The number of carbonyl (C=O) groups excluding carboxylic acids is 2. The zero-order chi connectivity index (χ0) is 26.6. The zero-order valence-electron chi connectivity index (χ0n) is 23.0. The molecule has 1 saturated carbocycles. The van der Waals surface area contributed by atoms with E-state index in [4.69, 9.17) is 4.74 Å². The summed E-state index contributed by atoms with van der Waals surface area (Å²) in [5, 5.41) is 1.26. The van der Waals surface area contributed by atoms with E-state index >= 15 is 0 Å². The minimum atomic E-state index is -2.22. The minimum absolute atomic E-state index is 0.109. The number of hydrogen-bond acceptors (Lipinski definition) is 3. The second-order valence-electron chi connectivity index (χ2n) is 12.0. The molecule has 2 aliphatic rings. The molecule has 0 N–H and O–H groups in total. The van der Waals surface area contributed by atoms with E-state index < -0.39 is 8.07 Å². The monoisotopic (exact) mass is 517 g/mol. The second-order valence-corrected chi connectivity index (χ2v) is 16.7. The fraction of sp³-hybridized carbons (Fsp3) is 0.500. The van der Waals surface area contributed by atoms with Gasteiger partial charge < -0.3 is 9.64 Å². The Kier molecular flexibility index (Phi) is 8.42. The number of nitrogens with zero attached hydrogens (tertiary/aromatic N) is 1. The van der Waals surface area contributed by atoms with Crippen LogP contribution in [0.1, 0.15) is 64.4 Å². The van der Waals surface area contributed by atoms with E-state index in [-0.39, 0.29) is 41.0 Å². The number of likely N-dealkylation sites (tertiary alicyclic amines) is 1. The summed E-state index contributed by atoms with van der Waals surface area (Å²) < 4.78 is 6.49. The van der Waals surface area contributed by atoms with Crippen molar-refractivity contribution >= 4 is 25.1 Å². The first-order chi connectivity index (χ1) is 17.7. The molecule has 4 atom stereocenters. The Morgan fingerprint density at radius 2 is 1.65 bits per heavy atom. The van der Waals surface area contributed by atoms with Gasteiger partial charge >= 0.3 is 6.09 Å². The fourth-order valence-corrected chi connectivity index (χ4v) is 9.86. The van der Waals surface area contributed by atoms with E-state index in [0.717, 1.165) is 25.7 Å². The molecule has 4 nitrogen and oxygen atoms in total. The third-order valence-corrected chi connectivity index (χ3v) is 13.0. The van der Waals surface area contributed by atoms with Gasteiger partial charge in [0.05, 0.1) is 0 Å². The molecule has 1 saturated heterocycles. The molecule has 1 amide bonds. The first-order valence-electron chi connectivity index (χ1n) is 13.9. The molecule has 0 spiro atoms. The van der Waals surface area contributed by atoms with Gasteiger partial charge in [-0.1, -0.05) is 105 Å². The second kappa shape index (κ2) is 11.4. The van der Waals surface area contributed by atoms with Gasteiger partial charge in [-0.3, -0.25) is 4.79 Å². The van der Waals surface area contributed by atoms with Gasteiger partial charge in [0, 0.05) is 30.5 Å². The van der Waals surface area contributed by atoms with Crippen LogP contribution in [-0.4, -0.2) is 42.7 Å². The summed E-state index contributed by atoms with van der Waals surface area (Å²) in [6, 6.07) is 20.8. The standard InChI is InChI=1S/C32H43NO3Si/c1-6-15-25-22-26(34)23-30(37(4,5)27-18-11-8-12-19-27)33(25)31(35)36-29-21-14-13-20-28(29)32(2,3)24-16-9-7-10-17-24/h6-12,16-19,25,28-30H,1,13-15,20-23H2,2-5H3/t25-,28?,29?,30-/m1/s1. The van der Waals surface area contributed by atoms with E-state index in [1.807, 2.05) is 23.1 Å². The smallest absolute Gasteiger partial charge is 0.410 e. The van der Waals surface area contributed by atoms with E-state index in [2.05, 4.69) is 82.1 Å². The lowest BCUT2D eigenvalue weighted by atomic mass is 9.66. The molecule has 2 aromatic carbocycles. The summed E-state index contributed by atoms with van der Waals surface area (Å²) in [6.45, 7) is 13.1. The first-order valence-corrected chi connectivity index (χ1v) is 17.0. The third-order valence-electron chi connectivity index (χ3n) is 9.01. The van der Waals surface area contributed by atoms with Crippen molar-refractivity contribution in [3.8, 4) is 0 Å². The van der Waals surface area contributed by atoms with Crippen molar-refractivity contribution in [1.29, 1.82) is 0 Å². The number of piperidine rings is 1. The Morgan fingerprint density at radius 3 is 2.30 bits per heavy atom. The van der Waals surface area contributed by atoms with Crippen LogP contribution >= 0.6 is 0 Å². The summed E-state index contributed by atoms with van der Waals surface area (Å²) in [5.74, 6) is 0.480. The Bertz CT molecular complexity index is 1080. The Balaban J connectivity index is 1.64. The highest BCUT2D eigenvalue weighted by molar-refractivity contribution is 6.91. The average molecular weight is 518 g/mol. The number of carbonyl (C=O) groups is 2. The molecule has 198 valence electrons. The predicted molar refractivity (Wildman–Crippen MR) is 154 cm³/mol. The third kappa shape index (κ3) is 5.77. The normalized spacial score (nSPS) is 25.0. The maximum Gasteiger partial charge on any atom is 0.410 e. The van der Waals surface area contributed by atoms with Gasteiger partial charge in [-0.2, -0.15) is 0 Å². The first kappa shape index (κ1) is 27.4. The fourth-order valence-electron chi connectivity index (χ4n) is 6.68. The number of ether oxygens (including phenoxy) is 1. The molecule has 2 fully saturated rings. The van der Waals surface area contributed by atoms with Gasteiger partial charge in [-0.15, -0.1) is 6.58 Å². The molecule has 0 radical (unpaired) electrons. The summed E-state index contributed by atoms with van der Waals surface area (Å²) in [5.41, 5.74) is 1.03. The number of ketones is 1. The van der Waals surface area contributed by atoms with Crippen molar-refractivity contribution in [1.82, 2.24) is 4.90 Å². The van der Waals surface area contributed by atoms with Crippen LogP contribution in [0.25, 0.3) is 0 Å². The number of benzene rings is 2. The number of hydrogen-bond donors (Lipinski definition) is 0. The van der Waals surface area contributed by atoms with Gasteiger partial charge in [0.15, 0.2) is 0 Å². The Labute approximate surface area is 224 Å². The van der Waals surface area contributed by atoms with Crippen LogP contribution in [0.4, 0.5) is 4.79 Å². The molecule has 1 aliphatic carbocycles. The van der Waals surface area contributed by atoms with Crippen LogP contribution in [0.15, 0.2) is 73.3 Å². The molecule has 2 aromatic rings. The van der Waals surface area contributed by atoms with E-state index in [1.54, 1.807) is 0 Å². The molecule has 0 aromatic heterocycles. The quantitative estimate of drug-likeness (QED) is 0.300. The summed E-state index contributed by atoms with van der Waals surface area (Å²) in [4.78, 5) is 29.0. The van der Waals surface area contributed by atoms with Crippen molar-refractivity contribution < 1.29 is 14.3 Å². The molecule has 1 aliphatic heterocycles. The topological polar surface area (TPSA) is 46.6 Å². The van der Waals surface area contributed by atoms with Crippen LogP contribution in [0, 0.1) is 5.92 Å². The van der Waals surface area contributed by atoms with Gasteiger partial charge in [-0.25, -0.2) is 4.79 Å². The highest BCUT2D eigenvalue weighted by atomic mass is 28.3. The van der Waals surface area contributed by atoms with Gasteiger partial charge in [0.25, 0.3) is 0 Å². The molecule has 1 heterocycles. The van der Waals surface area contributed by atoms with Crippen molar-refractivity contribution in [2.75, 3.05) is 0 Å². The molecule has 0 bridgehead atoms. The van der Waals surface area contributed by atoms with Crippen molar-refractivity contribution in [3.05, 3.63) is 78.9 Å². The lowest BCUT2D eigenvalue weighted by Crippen LogP contribution is -2.66. The average Bonchev–Trinajstić information content (AvgIpc) is 2.89. The Morgan fingerprint density at radius 1 is 1.03 bits per heavy atom. The van der Waals surface area contributed by atoms with Crippen LogP contribution in [0.2, 0.25) is 13.1 Å². The van der Waals surface area contributed by atoms with Crippen LogP contribution in [-0.2, 0) is 14.9 Å². The summed E-state index contributed by atoms with van der Waals surface area (Å²) in [7, 11) is -2.22. The summed E-state index contributed by atoms with van der Waals surface area (Å²) in [6.07, 6.45) is 6.98. The molecule has 5 heteroatoms. The summed E-state index contributed by atoms with van der Waals surface area (Å²) >= 11 is 0. The number of amides is 1. The van der Waals surface area contributed by atoms with Gasteiger partial charge in [-0.05, 0) is 36.7 Å². The highest BCUT2D eigenvalue weighted by Gasteiger charge is 2.49. The van der Waals surface area contributed by atoms with Crippen LogP contribution in [0.5, 0.6) is 0 Å². The largest absolute Gasteiger partial charge is 0.446 e. The molecule has 4 rings (SSSR count). The highest BCUT2D eigenvalue weighted by Crippen LogP contribution is 2.42. The Hall–Kier alpha value is -2.66. The molecular weight excluding hydrogens is 474 g/mol. The van der Waals surface area contributed by atoms with Crippen molar-refractivity contribution in [3.63, 3.8) is 0 Å². The maximum atomic E-state index is 14.1. The minimum Gasteiger partial charge on any atom is -0.446 e. The van der Waals surface area contributed by atoms with Crippen LogP contribution in [0.3, 0.4) is 0 Å².